The average molecular weight is 213 g/mol. The number of carbonyl (C=O) groups excluding carboxylic acids is 1. The van der Waals surface area contributed by atoms with Crippen molar-refractivity contribution < 1.29 is 22.7 Å². The van der Waals surface area contributed by atoms with Crippen molar-refractivity contribution in [3.05, 3.63) is 0 Å². The Labute approximate surface area is 80.6 Å². The minimum absolute atomic E-state index is 0.0928. The highest BCUT2D eigenvalue weighted by Gasteiger charge is 2.40. The number of hydrogen-bond donors (Lipinski definition) is 1. The van der Waals surface area contributed by atoms with Gasteiger partial charge in [0.15, 0.2) is 0 Å². The normalized spacial score (nSPS) is 13.8. The molecule has 0 radical (unpaired) electrons. The van der Waals surface area contributed by atoms with Crippen LogP contribution in [0, 0.1) is 0 Å². The highest BCUT2D eigenvalue weighted by atomic mass is 19.4. The van der Waals surface area contributed by atoms with Crippen LogP contribution in [0.1, 0.15) is 20.3 Å². The Morgan fingerprint density at radius 2 is 2.00 bits per heavy atom. The molecule has 0 aromatic rings. The van der Waals surface area contributed by atoms with Gasteiger partial charge in [-0.3, -0.25) is 4.79 Å². The monoisotopic (exact) mass is 213 g/mol. The molecule has 84 valence electrons. The zero-order chi connectivity index (χ0) is 11.2. The predicted molar refractivity (Wildman–Crippen MR) is 44.8 cm³/mol. The van der Waals surface area contributed by atoms with Crippen molar-refractivity contribution in [3.63, 3.8) is 0 Å². The van der Waals surface area contributed by atoms with E-state index < -0.39 is 24.6 Å². The highest BCUT2D eigenvalue weighted by Crippen LogP contribution is 2.22. The van der Waals surface area contributed by atoms with Gasteiger partial charge in [-0.2, -0.15) is 13.2 Å². The molecule has 0 rings (SSSR count). The second-order valence-corrected chi connectivity index (χ2v) is 2.66. The van der Waals surface area contributed by atoms with Crippen LogP contribution in [0.3, 0.4) is 0 Å². The summed E-state index contributed by atoms with van der Waals surface area (Å²) in [6.45, 7) is 3.34. The van der Waals surface area contributed by atoms with Gasteiger partial charge in [0.1, 0.15) is 6.04 Å². The fourth-order valence-corrected chi connectivity index (χ4v) is 0.937. The molecule has 0 unspecified atom stereocenters. The zero-order valence-electron chi connectivity index (χ0n) is 8.15. The SMILES string of the molecule is CCN[C@@H](CC(=O)OCC)C(F)(F)F. The van der Waals surface area contributed by atoms with Crippen LogP contribution in [-0.4, -0.2) is 31.3 Å². The minimum atomic E-state index is -4.41. The van der Waals surface area contributed by atoms with Crippen molar-refractivity contribution in [1.82, 2.24) is 5.32 Å². The Bertz CT molecular complexity index is 182. The topological polar surface area (TPSA) is 38.3 Å². The molecule has 0 aliphatic heterocycles. The van der Waals surface area contributed by atoms with Gasteiger partial charge in [0, 0.05) is 0 Å². The van der Waals surface area contributed by atoms with Crippen molar-refractivity contribution in [2.75, 3.05) is 13.2 Å². The Morgan fingerprint density at radius 3 is 2.36 bits per heavy atom. The fraction of sp³-hybridized carbons (Fsp3) is 0.875. The van der Waals surface area contributed by atoms with Crippen molar-refractivity contribution in [2.24, 2.45) is 0 Å². The number of rotatable bonds is 5. The van der Waals surface area contributed by atoms with Gasteiger partial charge in [-0.05, 0) is 13.5 Å². The lowest BCUT2D eigenvalue weighted by molar-refractivity contribution is -0.169. The molecule has 0 aromatic heterocycles. The van der Waals surface area contributed by atoms with Crippen molar-refractivity contribution >= 4 is 5.97 Å². The Morgan fingerprint density at radius 1 is 1.43 bits per heavy atom. The van der Waals surface area contributed by atoms with E-state index >= 15 is 0 Å². The molecule has 14 heavy (non-hydrogen) atoms. The number of esters is 1. The largest absolute Gasteiger partial charge is 0.466 e. The van der Waals surface area contributed by atoms with Gasteiger partial charge in [0.2, 0.25) is 0 Å². The second kappa shape index (κ2) is 5.85. The van der Waals surface area contributed by atoms with Gasteiger partial charge in [-0.15, -0.1) is 0 Å². The Kier molecular flexibility index (Phi) is 5.52. The van der Waals surface area contributed by atoms with Crippen LogP contribution in [0.2, 0.25) is 0 Å². The van der Waals surface area contributed by atoms with E-state index in [1.807, 2.05) is 0 Å². The zero-order valence-corrected chi connectivity index (χ0v) is 8.15. The summed E-state index contributed by atoms with van der Waals surface area (Å²) in [4.78, 5) is 10.8. The van der Waals surface area contributed by atoms with Gasteiger partial charge in [-0.1, -0.05) is 6.92 Å². The third kappa shape index (κ3) is 5.06. The Hall–Kier alpha value is -0.780. The van der Waals surface area contributed by atoms with E-state index in [0.717, 1.165) is 0 Å². The average Bonchev–Trinajstić information content (AvgIpc) is 2.02. The summed E-state index contributed by atoms with van der Waals surface area (Å²) in [7, 11) is 0. The molecule has 0 aromatic carbocycles. The third-order valence-corrected chi connectivity index (χ3v) is 1.52. The molecule has 0 heterocycles. The van der Waals surface area contributed by atoms with E-state index in [2.05, 4.69) is 10.1 Å². The fourth-order valence-electron chi connectivity index (χ4n) is 0.937. The van der Waals surface area contributed by atoms with E-state index in [1.165, 1.54) is 0 Å². The van der Waals surface area contributed by atoms with Crippen molar-refractivity contribution in [3.8, 4) is 0 Å². The van der Waals surface area contributed by atoms with Gasteiger partial charge in [0.25, 0.3) is 0 Å². The standard InChI is InChI=1S/C8H14F3NO2/c1-3-12-6(8(9,10)11)5-7(13)14-4-2/h6,12H,3-5H2,1-2H3/t6-/m0/s1. The molecular weight excluding hydrogens is 199 g/mol. The van der Waals surface area contributed by atoms with Crippen LogP contribution in [0.15, 0.2) is 0 Å². The molecule has 0 fully saturated rings. The van der Waals surface area contributed by atoms with Crippen molar-refractivity contribution in [1.29, 1.82) is 0 Å². The molecule has 6 heteroatoms. The summed E-state index contributed by atoms with van der Waals surface area (Å²) in [5.41, 5.74) is 0. The molecule has 3 nitrogen and oxygen atoms in total. The summed E-state index contributed by atoms with van der Waals surface area (Å²) < 4.78 is 41.1. The van der Waals surface area contributed by atoms with E-state index in [-0.39, 0.29) is 13.2 Å². The maximum Gasteiger partial charge on any atom is 0.404 e. The van der Waals surface area contributed by atoms with E-state index in [4.69, 9.17) is 0 Å². The minimum Gasteiger partial charge on any atom is -0.466 e. The lowest BCUT2D eigenvalue weighted by Gasteiger charge is -2.19. The number of hydrogen-bond acceptors (Lipinski definition) is 3. The first kappa shape index (κ1) is 13.2. The lowest BCUT2D eigenvalue weighted by atomic mass is 10.2. The molecular formula is C8H14F3NO2. The summed E-state index contributed by atoms with van der Waals surface area (Å²) in [5.74, 6) is -0.837. The number of ether oxygens (including phenoxy) is 1. The van der Waals surface area contributed by atoms with E-state index in [1.54, 1.807) is 13.8 Å². The molecule has 0 aliphatic carbocycles. The van der Waals surface area contributed by atoms with E-state index in [0.29, 0.717) is 0 Å². The van der Waals surface area contributed by atoms with Gasteiger partial charge in [-0.25, -0.2) is 0 Å². The van der Waals surface area contributed by atoms with Crippen LogP contribution < -0.4 is 5.32 Å². The molecule has 1 N–H and O–H groups in total. The summed E-state index contributed by atoms with van der Waals surface area (Å²) in [5, 5.41) is 2.19. The molecule has 0 saturated carbocycles. The molecule has 0 amide bonds. The smallest absolute Gasteiger partial charge is 0.404 e. The summed E-state index contributed by atoms with van der Waals surface area (Å²) >= 11 is 0. The van der Waals surface area contributed by atoms with Crippen LogP contribution in [0.25, 0.3) is 0 Å². The summed E-state index contributed by atoms with van der Waals surface area (Å²) in [6, 6.07) is -1.81. The first-order chi connectivity index (χ1) is 6.41. The van der Waals surface area contributed by atoms with Crippen LogP contribution in [0.5, 0.6) is 0 Å². The lowest BCUT2D eigenvalue weighted by Crippen LogP contribution is -2.43. The molecule has 0 aliphatic rings. The number of carbonyl (C=O) groups is 1. The second-order valence-electron chi connectivity index (χ2n) is 2.66. The van der Waals surface area contributed by atoms with Crippen LogP contribution >= 0.6 is 0 Å². The number of alkyl halides is 3. The van der Waals surface area contributed by atoms with Gasteiger partial charge < -0.3 is 10.1 Å². The third-order valence-electron chi connectivity index (χ3n) is 1.52. The Balaban J connectivity index is 4.16. The van der Waals surface area contributed by atoms with Crippen molar-refractivity contribution in [2.45, 2.75) is 32.5 Å². The van der Waals surface area contributed by atoms with Crippen LogP contribution in [0.4, 0.5) is 13.2 Å². The number of halogens is 3. The van der Waals surface area contributed by atoms with Gasteiger partial charge >= 0.3 is 12.1 Å². The summed E-state index contributed by atoms with van der Waals surface area (Å²) in [6.07, 6.45) is -5.09. The predicted octanol–water partition coefficient (Wildman–Crippen LogP) is 1.48. The molecule has 1 atom stereocenters. The maximum absolute atomic E-state index is 12.2. The van der Waals surface area contributed by atoms with Crippen LogP contribution in [-0.2, 0) is 9.53 Å². The molecule has 0 spiro atoms. The van der Waals surface area contributed by atoms with E-state index in [9.17, 15) is 18.0 Å². The number of nitrogens with one attached hydrogen (secondary N) is 1. The first-order valence-electron chi connectivity index (χ1n) is 4.37. The van der Waals surface area contributed by atoms with Gasteiger partial charge in [0.05, 0.1) is 13.0 Å². The quantitative estimate of drug-likeness (QED) is 0.703. The molecule has 0 bridgehead atoms. The molecule has 0 saturated heterocycles. The maximum atomic E-state index is 12.2. The highest BCUT2D eigenvalue weighted by molar-refractivity contribution is 5.70. The first-order valence-corrected chi connectivity index (χ1v) is 4.37.